The molecule has 158 valence electrons. The number of hydrogen-bond acceptors (Lipinski definition) is 4. The number of esters is 1. The molecule has 1 aromatic heterocycles. The summed E-state index contributed by atoms with van der Waals surface area (Å²) in [6, 6.07) is 12.8. The van der Waals surface area contributed by atoms with Gasteiger partial charge in [0.15, 0.2) is 6.10 Å². The van der Waals surface area contributed by atoms with Crippen molar-refractivity contribution >= 4 is 23.6 Å². The zero-order valence-electron chi connectivity index (χ0n) is 18.2. The van der Waals surface area contributed by atoms with Crippen molar-refractivity contribution in [1.29, 1.82) is 5.26 Å². The molecule has 1 aromatic carbocycles. The number of anilines is 1. The van der Waals surface area contributed by atoms with Crippen LogP contribution >= 0.6 is 0 Å². The lowest BCUT2D eigenvalue weighted by Gasteiger charge is -2.16. The quantitative estimate of drug-likeness (QED) is 0.393. The molecule has 0 aliphatic heterocycles. The first-order chi connectivity index (χ1) is 14.3. The van der Waals surface area contributed by atoms with Gasteiger partial charge in [0, 0.05) is 23.6 Å². The van der Waals surface area contributed by atoms with Crippen LogP contribution < -0.4 is 5.32 Å². The Bertz CT molecular complexity index is 966. The lowest BCUT2D eigenvalue weighted by Crippen LogP contribution is -2.32. The number of nitrogens with zero attached hydrogens (tertiary/aromatic N) is 2. The molecule has 1 N–H and O–H groups in total. The lowest BCUT2D eigenvalue weighted by atomic mass is 10.1. The van der Waals surface area contributed by atoms with Gasteiger partial charge in [0.2, 0.25) is 0 Å². The van der Waals surface area contributed by atoms with Crippen molar-refractivity contribution in [2.45, 2.75) is 53.7 Å². The van der Waals surface area contributed by atoms with Gasteiger partial charge < -0.3 is 14.6 Å². The first-order valence-electron chi connectivity index (χ1n) is 10.1. The van der Waals surface area contributed by atoms with Gasteiger partial charge in [-0.3, -0.25) is 4.79 Å². The van der Waals surface area contributed by atoms with E-state index in [-0.39, 0.29) is 5.57 Å². The molecule has 1 unspecified atom stereocenters. The molecule has 1 atom stereocenters. The summed E-state index contributed by atoms with van der Waals surface area (Å²) in [6.45, 7) is 10.8. The summed E-state index contributed by atoms with van der Waals surface area (Å²) in [5, 5.41) is 12.2. The van der Waals surface area contributed by atoms with Crippen molar-refractivity contribution in [2.24, 2.45) is 5.92 Å². The van der Waals surface area contributed by atoms with E-state index in [1.807, 2.05) is 32.0 Å². The van der Waals surface area contributed by atoms with Gasteiger partial charge in [0.05, 0.1) is 0 Å². The molecular formula is C24H29N3O3. The average Bonchev–Trinajstić information content (AvgIpc) is 2.97. The number of nitrogens with one attached hydrogen (secondary N) is 1. The SMILES string of the molecule is CCC(OC(=O)/C(C#N)=C/c1cc(C)n(CC(C)C)c1C)C(=O)Nc1ccccc1. The van der Waals surface area contributed by atoms with Gasteiger partial charge in [0.1, 0.15) is 11.6 Å². The first kappa shape index (κ1) is 23.0. The number of carbonyl (C=O) groups is 2. The molecule has 0 aliphatic carbocycles. The number of rotatable bonds is 8. The van der Waals surface area contributed by atoms with Crippen LogP contribution in [0.2, 0.25) is 0 Å². The number of benzene rings is 1. The third kappa shape index (κ3) is 5.84. The van der Waals surface area contributed by atoms with Gasteiger partial charge in [0.25, 0.3) is 5.91 Å². The van der Waals surface area contributed by atoms with E-state index in [1.165, 1.54) is 6.08 Å². The molecular weight excluding hydrogens is 378 g/mol. The van der Waals surface area contributed by atoms with E-state index >= 15 is 0 Å². The smallest absolute Gasteiger partial charge is 0.349 e. The Morgan fingerprint density at radius 2 is 1.90 bits per heavy atom. The third-order valence-electron chi connectivity index (χ3n) is 4.75. The Morgan fingerprint density at radius 1 is 1.23 bits per heavy atom. The minimum absolute atomic E-state index is 0.134. The van der Waals surface area contributed by atoms with E-state index in [0.717, 1.165) is 23.5 Å². The number of para-hydroxylation sites is 1. The standard InChI is InChI=1S/C24H29N3O3/c1-6-22(23(28)26-21-10-8-7-9-11-21)30-24(29)20(14-25)13-19-12-17(4)27(18(19)5)15-16(2)3/h7-13,16,22H,6,15H2,1-5H3,(H,26,28)/b20-13+. The number of hydrogen-bond donors (Lipinski definition) is 1. The Hall–Kier alpha value is -3.33. The van der Waals surface area contributed by atoms with Crippen LogP contribution in [0.4, 0.5) is 5.69 Å². The van der Waals surface area contributed by atoms with Gasteiger partial charge in [-0.1, -0.05) is 39.0 Å². The number of aryl methyl sites for hydroxylation is 1. The minimum Gasteiger partial charge on any atom is -0.448 e. The first-order valence-corrected chi connectivity index (χ1v) is 10.1. The molecule has 2 aromatic rings. The van der Waals surface area contributed by atoms with Gasteiger partial charge in [-0.05, 0) is 56.0 Å². The molecule has 0 radical (unpaired) electrons. The van der Waals surface area contributed by atoms with E-state index < -0.39 is 18.0 Å². The normalized spacial score (nSPS) is 12.4. The molecule has 30 heavy (non-hydrogen) atoms. The molecule has 0 bridgehead atoms. The van der Waals surface area contributed by atoms with Crippen molar-refractivity contribution in [3.8, 4) is 6.07 Å². The highest BCUT2D eigenvalue weighted by atomic mass is 16.5. The average molecular weight is 408 g/mol. The number of carbonyl (C=O) groups excluding carboxylic acids is 2. The van der Waals surface area contributed by atoms with Crippen LogP contribution in [-0.2, 0) is 20.9 Å². The van der Waals surface area contributed by atoms with E-state index in [4.69, 9.17) is 4.74 Å². The molecule has 1 heterocycles. The highest BCUT2D eigenvalue weighted by Gasteiger charge is 2.24. The molecule has 0 fully saturated rings. The zero-order valence-corrected chi connectivity index (χ0v) is 18.2. The molecule has 2 rings (SSSR count). The summed E-state index contributed by atoms with van der Waals surface area (Å²) in [6.07, 6.45) is 0.845. The fourth-order valence-corrected chi connectivity index (χ4v) is 3.17. The van der Waals surface area contributed by atoms with Crippen LogP contribution in [0.3, 0.4) is 0 Å². The molecule has 0 aliphatic rings. The van der Waals surface area contributed by atoms with E-state index in [1.54, 1.807) is 31.2 Å². The van der Waals surface area contributed by atoms with Crippen molar-refractivity contribution in [2.75, 3.05) is 5.32 Å². The maximum atomic E-state index is 12.6. The Morgan fingerprint density at radius 3 is 2.47 bits per heavy atom. The van der Waals surface area contributed by atoms with Crippen LogP contribution in [0, 0.1) is 31.1 Å². The van der Waals surface area contributed by atoms with Crippen LogP contribution in [0.5, 0.6) is 0 Å². The van der Waals surface area contributed by atoms with Crippen LogP contribution in [0.15, 0.2) is 42.0 Å². The molecule has 6 heteroatoms. The Balaban J connectivity index is 2.17. The largest absolute Gasteiger partial charge is 0.448 e. The van der Waals surface area contributed by atoms with Crippen LogP contribution in [0.1, 0.15) is 44.1 Å². The van der Waals surface area contributed by atoms with E-state index in [0.29, 0.717) is 18.0 Å². The molecule has 0 saturated carbocycles. The van der Waals surface area contributed by atoms with Crippen molar-refractivity contribution in [3.05, 3.63) is 58.9 Å². The number of aromatic nitrogens is 1. The van der Waals surface area contributed by atoms with Gasteiger partial charge >= 0.3 is 5.97 Å². The third-order valence-corrected chi connectivity index (χ3v) is 4.75. The second-order valence-electron chi connectivity index (χ2n) is 7.66. The molecule has 1 amide bonds. The summed E-state index contributed by atoms with van der Waals surface area (Å²) in [7, 11) is 0. The number of ether oxygens (including phenoxy) is 1. The Kier molecular flexibility index (Phi) is 7.99. The number of amides is 1. The van der Waals surface area contributed by atoms with Crippen molar-refractivity contribution < 1.29 is 14.3 Å². The lowest BCUT2D eigenvalue weighted by molar-refractivity contribution is -0.150. The second-order valence-corrected chi connectivity index (χ2v) is 7.66. The highest BCUT2D eigenvalue weighted by Crippen LogP contribution is 2.20. The molecule has 0 saturated heterocycles. The summed E-state index contributed by atoms with van der Waals surface area (Å²) in [5.41, 5.74) is 3.32. The van der Waals surface area contributed by atoms with E-state index in [9.17, 15) is 14.9 Å². The summed E-state index contributed by atoms with van der Waals surface area (Å²) in [5.74, 6) is -0.758. The maximum Gasteiger partial charge on any atom is 0.349 e. The van der Waals surface area contributed by atoms with E-state index in [2.05, 4.69) is 23.7 Å². The zero-order chi connectivity index (χ0) is 22.3. The topological polar surface area (TPSA) is 84.1 Å². The summed E-state index contributed by atoms with van der Waals surface area (Å²) < 4.78 is 7.52. The van der Waals surface area contributed by atoms with Crippen LogP contribution in [0.25, 0.3) is 6.08 Å². The highest BCUT2D eigenvalue weighted by molar-refractivity contribution is 6.01. The maximum absolute atomic E-state index is 12.6. The van der Waals surface area contributed by atoms with Gasteiger partial charge in [-0.25, -0.2) is 4.79 Å². The molecule has 0 spiro atoms. The summed E-state index contributed by atoms with van der Waals surface area (Å²) in [4.78, 5) is 25.0. The van der Waals surface area contributed by atoms with Crippen LogP contribution in [-0.4, -0.2) is 22.5 Å². The van der Waals surface area contributed by atoms with Gasteiger partial charge in [-0.15, -0.1) is 0 Å². The monoisotopic (exact) mass is 407 g/mol. The minimum atomic E-state index is -0.983. The second kappa shape index (κ2) is 10.4. The molecule has 6 nitrogen and oxygen atoms in total. The predicted octanol–water partition coefficient (Wildman–Crippen LogP) is 4.63. The summed E-state index contributed by atoms with van der Waals surface area (Å²) >= 11 is 0. The Labute approximate surface area is 178 Å². The number of nitriles is 1. The van der Waals surface area contributed by atoms with Crippen molar-refractivity contribution in [1.82, 2.24) is 4.57 Å². The fourth-order valence-electron chi connectivity index (χ4n) is 3.17. The predicted molar refractivity (Wildman–Crippen MR) is 118 cm³/mol. The fraction of sp³-hybridized carbons (Fsp3) is 0.375. The van der Waals surface area contributed by atoms with Crippen molar-refractivity contribution in [3.63, 3.8) is 0 Å². The van der Waals surface area contributed by atoms with Gasteiger partial charge in [-0.2, -0.15) is 5.26 Å².